The average Bonchev–Trinajstić information content (AvgIpc) is 2.97. The van der Waals surface area contributed by atoms with E-state index in [1.807, 2.05) is 0 Å². The molecule has 21 heavy (non-hydrogen) atoms. The van der Waals surface area contributed by atoms with Crippen LogP contribution in [0.2, 0.25) is 0 Å². The highest BCUT2D eigenvalue weighted by Gasteiger charge is 2.24. The fraction of sp³-hybridized carbons (Fsp3) is 0.154. The van der Waals surface area contributed by atoms with Gasteiger partial charge in [0, 0.05) is 5.69 Å². The van der Waals surface area contributed by atoms with E-state index in [2.05, 4.69) is 9.46 Å². The molecule has 0 bridgehead atoms. The van der Waals surface area contributed by atoms with Gasteiger partial charge < -0.3 is 9.84 Å². The number of nitrogens with one attached hydrogen (secondary N) is 1. The van der Waals surface area contributed by atoms with Gasteiger partial charge in [-0.1, -0.05) is 12.1 Å². The van der Waals surface area contributed by atoms with E-state index in [0.717, 1.165) is 11.3 Å². The number of rotatable bonds is 5. The van der Waals surface area contributed by atoms with Crippen molar-refractivity contribution in [2.75, 3.05) is 11.8 Å². The fourth-order valence-corrected chi connectivity index (χ4v) is 4.03. The van der Waals surface area contributed by atoms with Crippen molar-refractivity contribution in [3.63, 3.8) is 0 Å². The second-order valence-electron chi connectivity index (χ2n) is 4.07. The topological polar surface area (TPSA) is 92.7 Å². The largest absolute Gasteiger partial charge is 0.465 e. The highest BCUT2D eigenvalue weighted by atomic mass is 32.2. The van der Waals surface area contributed by atoms with E-state index in [9.17, 15) is 13.2 Å². The molecule has 0 aliphatic heterocycles. The number of anilines is 1. The number of aliphatic hydroxyl groups excluding tert-OH is 1. The van der Waals surface area contributed by atoms with Crippen molar-refractivity contribution < 1.29 is 23.1 Å². The Labute approximate surface area is 126 Å². The molecule has 0 aliphatic carbocycles. The Bertz CT molecular complexity index is 734. The van der Waals surface area contributed by atoms with E-state index in [1.165, 1.54) is 30.7 Å². The Morgan fingerprint density at radius 3 is 2.52 bits per heavy atom. The summed E-state index contributed by atoms with van der Waals surface area (Å²) in [6, 6.07) is 7.63. The first-order valence-corrected chi connectivity index (χ1v) is 8.22. The Kier molecular flexibility index (Phi) is 4.61. The van der Waals surface area contributed by atoms with Gasteiger partial charge in [-0.05, 0) is 29.1 Å². The van der Waals surface area contributed by atoms with Crippen LogP contribution in [0.3, 0.4) is 0 Å². The van der Waals surface area contributed by atoms with Crippen molar-refractivity contribution in [3.8, 4) is 0 Å². The summed E-state index contributed by atoms with van der Waals surface area (Å²) in [6.07, 6.45) is 0. The van der Waals surface area contributed by atoms with Gasteiger partial charge in [0.2, 0.25) is 0 Å². The van der Waals surface area contributed by atoms with Crippen molar-refractivity contribution in [3.05, 3.63) is 46.2 Å². The maximum absolute atomic E-state index is 12.3. The van der Waals surface area contributed by atoms with E-state index in [1.54, 1.807) is 12.1 Å². The SMILES string of the molecule is COC(=O)c1sccc1S(=O)(=O)Nc1ccc(CO)cc1. The highest BCUT2D eigenvalue weighted by molar-refractivity contribution is 7.93. The number of benzene rings is 1. The first-order valence-electron chi connectivity index (χ1n) is 5.86. The van der Waals surface area contributed by atoms with Crippen LogP contribution in [0.1, 0.15) is 15.2 Å². The predicted octanol–water partition coefficient (Wildman–Crippen LogP) is 1.83. The summed E-state index contributed by atoms with van der Waals surface area (Å²) >= 11 is 0.999. The van der Waals surface area contributed by atoms with Crippen molar-refractivity contribution in [1.82, 2.24) is 0 Å². The van der Waals surface area contributed by atoms with Crippen LogP contribution >= 0.6 is 11.3 Å². The van der Waals surface area contributed by atoms with Crippen molar-refractivity contribution >= 4 is 33.0 Å². The Morgan fingerprint density at radius 1 is 1.29 bits per heavy atom. The zero-order valence-corrected chi connectivity index (χ0v) is 12.7. The summed E-state index contributed by atoms with van der Waals surface area (Å²) in [7, 11) is -2.68. The molecule has 1 aromatic heterocycles. The summed E-state index contributed by atoms with van der Waals surface area (Å²) in [5.41, 5.74) is 1.01. The Hall–Kier alpha value is -1.90. The molecular weight excluding hydrogens is 314 g/mol. The lowest BCUT2D eigenvalue weighted by molar-refractivity contribution is 0.0602. The summed E-state index contributed by atoms with van der Waals surface area (Å²) in [6.45, 7) is -0.121. The van der Waals surface area contributed by atoms with Gasteiger partial charge in [-0.25, -0.2) is 13.2 Å². The molecule has 6 nitrogen and oxygen atoms in total. The predicted molar refractivity (Wildman–Crippen MR) is 78.8 cm³/mol. The van der Waals surface area contributed by atoms with E-state index in [0.29, 0.717) is 11.3 Å². The molecule has 0 saturated carbocycles. The number of carbonyl (C=O) groups is 1. The lowest BCUT2D eigenvalue weighted by Gasteiger charge is -2.08. The monoisotopic (exact) mass is 327 g/mol. The van der Waals surface area contributed by atoms with Crippen LogP contribution in [0.15, 0.2) is 40.6 Å². The zero-order valence-electron chi connectivity index (χ0n) is 11.1. The average molecular weight is 327 g/mol. The number of sulfonamides is 1. The lowest BCUT2D eigenvalue weighted by Crippen LogP contribution is -2.15. The van der Waals surface area contributed by atoms with Gasteiger partial charge >= 0.3 is 5.97 Å². The molecule has 8 heteroatoms. The van der Waals surface area contributed by atoms with Gasteiger partial charge in [-0.3, -0.25) is 4.72 Å². The molecule has 0 radical (unpaired) electrons. The van der Waals surface area contributed by atoms with Crippen LogP contribution in [0.25, 0.3) is 0 Å². The normalized spacial score (nSPS) is 11.1. The fourth-order valence-electron chi connectivity index (χ4n) is 1.64. The number of hydrogen-bond acceptors (Lipinski definition) is 6. The number of thiophene rings is 1. The number of esters is 1. The molecular formula is C13H13NO5S2. The minimum Gasteiger partial charge on any atom is -0.465 e. The molecule has 0 atom stereocenters. The number of aliphatic hydroxyl groups is 1. The summed E-state index contributed by atoms with van der Waals surface area (Å²) in [5, 5.41) is 10.5. The van der Waals surface area contributed by atoms with Crippen LogP contribution < -0.4 is 4.72 Å². The first-order chi connectivity index (χ1) is 9.97. The van der Waals surface area contributed by atoms with Crippen LogP contribution in [-0.2, 0) is 21.4 Å². The van der Waals surface area contributed by atoms with E-state index >= 15 is 0 Å². The summed E-state index contributed by atoms with van der Waals surface area (Å²) in [4.78, 5) is 11.5. The molecule has 2 aromatic rings. The zero-order chi connectivity index (χ0) is 15.5. The quantitative estimate of drug-likeness (QED) is 0.817. The van der Waals surface area contributed by atoms with Gasteiger partial charge in [0.15, 0.2) is 0 Å². The van der Waals surface area contributed by atoms with Crippen LogP contribution in [0.5, 0.6) is 0 Å². The van der Waals surface area contributed by atoms with Gasteiger partial charge in [-0.15, -0.1) is 11.3 Å². The molecule has 112 valence electrons. The number of methoxy groups -OCH3 is 1. The maximum atomic E-state index is 12.3. The van der Waals surface area contributed by atoms with Crippen LogP contribution in [0.4, 0.5) is 5.69 Å². The summed E-state index contributed by atoms with van der Waals surface area (Å²) in [5.74, 6) is -0.694. The smallest absolute Gasteiger partial charge is 0.349 e. The molecule has 0 aliphatic rings. The standard InChI is InChI=1S/C13H13NO5S2/c1-19-13(16)12-11(6-7-20-12)21(17,18)14-10-4-2-9(8-15)3-5-10/h2-7,14-15H,8H2,1H3. The van der Waals surface area contributed by atoms with Gasteiger partial charge in [0.25, 0.3) is 10.0 Å². The molecule has 1 aromatic carbocycles. The highest BCUT2D eigenvalue weighted by Crippen LogP contribution is 2.25. The molecule has 0 unspecified atom stereocenters. The van der Waals surface area contributed by atoms with Gasteiger partial charge in [0.05, 0.1) is 13.7 Å². The minimum absolute atomic E-state index is 0.0250. The maximum Gasteiger partial charge on any atom is 0.349 e. The molecule has 2 rings (SSSR count). The third-order valence-corrected chi connectivity index (χ3v) is 5.13. The first kappa shape index (κ1) is 15.5. The van der Waals surface area contributed by atoms with E-state index in [-0.39, 0.29) is 16.4 Å². The van der Waals surface area contributed by atoms with Crippen molar-refractivity contribution in [1.29, 1.82) is 0 Å². The lowest BCUT2D eigenvalue weighted by atomic mass is 10.2. The number of ether oxygens (including phenoxy) is 1. The number of hydrogen-bond donors (Lipinski definition) is 2. The second kappa shape index (κ2) is 6.25. The molecule has 0 spiro atoms. The Balaban J connectivity index is 2.30. The molecule has 0 saturated heterocycles. The van der Waals surface area contributed by atoms with Crippen molar-refractivity contribution in [2.24, 2.45) is 0 Å². The third kappa shape index (κ3) is 3.41. The van der Waals surface area contributed by atoms with Gasteiger partial charge in [-0.2, -0.15) is 0 Å². The van der Waals surface area contributed by atoms with E-state index in [4.69, 9.17) is 5.11 Å². The van der Waals surface area contributed by atoms with Crippen molar-refractivity contribution in [2.45, 2.75) is 11.5 Å². The third-order valence-electron chi connectivity index (χ3n) is 2.68. The van der Waals surface area contributed by atoms with Gasteiger partial charge in [0.1, 0.15) is 9.77 Å². The molecule has 0 amide bonds. The van der Waals surface area contributed by atoms with Crippen LogP contribution in [-0.4, -0.2) is 26.6 Å². The Morgan fingerprint density at radius 2 is 1.95 bits per heavy atom. The number of carbonyl (C=O) groups excluding carboxylic acids is 1. The summed E-state index contributed by atoms with van der Waals surface area (Å²) < 4.78 is 31.5. The molecule has 2 N–H and O–H groups in total. The van der Waals surface area contributed by atoms with Crippen LogP contribution in [0, 0.1) is 0 Å². The molecule has 1 heterocycles. The molecule has 0 fully saturated rings. The second-order valence-corrected chi connectivity index (χ2v) is 6.63. The van der Waals surface area contributed by atoms with E-state index < -0.39 is 16.0 Å². The minimum atomic E-state index is -3.88.